The first kappa shape index (κ1) is 14.1. The third-order valence-electron chi connectivity index (χ3n) is 4.41. The van der Waals surface area contributed by atoms with E-state index >= 15 is 0 Å². The molecule has 3 atom stereocenters. The highest BCUT2D eigenvalue weighted by molar-refractivity contribution is 5.83. The summed E-state index contributed by atoms with van der Waals surface area (Å²) in [5.74, 6) is 0.183. The largest absolute Gasteiger partial charge is 0.456 e. The van der Waals surface area contributed by atoms with Crippen LogP contribution in [0.3, 0.4) is 0 Å². The molecule has 0 aromatic heterocycles. The highest BCUT2D eigenvalue weighted by atomic mass is 16.6. The lowest BCUT2D eigenvalue weighted by atomic mass is 9.81. The second-order valence-corrected chi connectivity index (χ2v) is 5.68. The van der Waals surface area contributed by atoms with Crippen molar-refractivity contribution in [3.63, 3.8) is 0 Å². The van der Waals surface area contributed by atoms with Crippen LogP contribution < -0.4 is 0 Å². The third-order valence-corrected chi connectivity index (χ3v) is 4.41. The van der Waals surface area contributed by atoms with E-state index in [2.05, 4.69) is 13.5 Å². The van der Waals surface area contributed by atoms with Gasteiger partial charge in [0.05, 0.1) is 0 Å². The van der Waals surface area contributed by atoms with E-state index in [-0.39, 0.29) is 12.2 Å². The maximum absolute atomic E-state index is 11.8. The van der Waals surface area contributed by atoms with Crippen molar-refractivity contribution in [1.29, 1.82) is 0 Å². The number of carbonyl (C=O) groups excluding carboxylic acids is 2. The molecule has 2 rings (SSSR count). The zero-order valence-electron chi connectivity index (χ0n) is 11.5. The normalized spacial score (nSPS) is 32.1. The van der Waals surface area contributed by atoms with Crippen molar-refractivity contribution in [2.24, 2.45) is 11.8 Å². The lowest BCUT2D eigenvalue weighted by molar-refractivity contribution is -0.174. The molecule has 2 bridgehead atoms. The van der Waals surface area contributed by atoms with Gasteiger partial charge in [-0.25, -0.2) is 9.59 Å². The molecule has 0 aliphatic heterocycles. The summed E-state index contributed by atoms with van der Waals surface area (Å²) in [6.07, 6.45) is 7.54. The van der Waals surface area contributed by atoms with Crippen LogP contribution in [0.2, 0.25) is 0 Å². The Bertz CT molecular complexity index is 376. The van der Waals surface area contributed by atoms with Gasteiger partial charge in [-0.1, -0.05) is 19.9 Å². The Kier molecular flexibility index (Phi) is 4.27. The molecule has 0 N–H and O–H groups in total. The molecule has 0 spiro atoms. The van der Waals surface area contributed by atoms with Crippen LogP contribution in [0.1, 0.15) is 45.4 Å². The highest BCUT2D eigenvalue weighted by Crippen LogP contribution is 2.54. The van der Waals surface area contributed by atoms with E-state index in [1.54, 1.807) is 0 Å². The third kappa shape index (κ3) is 2.99. The summed E-state index contributed by atoms with van der Waals surface area (Å²) in [6, 6.07) is 0. The van der Waals surface area contributed by atoms with Crippen molar-refractivity contribution in [2.45, 2.75) is 51.0 Å². The zero-order chi connectivity index (χ0) is 13.9. The van der Waals surface area contributed by atoms with E-state index in [1.807, 2.05) is 0 Å². The standard InChI is InChI=1S/C15H22O4/c1-3-7-15(9-11-5-6-12(15)8-11)19-14(17)10-18-13(16)4-2/h4,11-12H,2-3,5-10H2,1H3. The number of hydrogen-bond donors (Lipinski definition) is 0. The van der Waals surface area contributed by atoms with Crippen LogP contribution in [0.4, 0.5) is 0 Å². The van der Waals surface area contributed by atoms with Gasteiger partial charge in [0.15, 0.2) is 6.61 Å². The monoisotopic (exact) mass is 266 g/mol. The summed E-state index contributed by atoms with van der Waals surface area (Å²) in [6.45, 7) is 5.09. The van der Waals surface area contributed by atoms with E-state index in [9.17, 15) is 9.59 Å². The van der Waals surface area contributed by atoms with E-state index in [0.717, 1.165) is 31.8 Å². The summed E-state index contributed by atoms with van der Waals surface area (Å²) in [7, 11) is 0. The lowest BCUT2D eigenvalue weighted by Crippen LogP contribution is -2.41. The SMILES string of the molecule is C=CC(=O)OCC(=O)OC1(CCC)CC2CCC1C2. The van der Waals surface area contributed by atoms with Gasteiger partial charge < -0.3 is 9.47 Å². The number of esters is 2. The van der Waals surface area contributed by atoms with Crippen LogP contribution in [0.25, 0.3) is 0 Å². The number of carbonyl (C=O) groups is 2. The van der Waals surface area contributed by atoms with Crippen molar-refractivity contribution >= 4 is 11.9 Å². The first-order valence-electron chi connectivity index (χ1n) is 7.10. The molecular weight excluding hydrogens is 244 g/mol. The molecule has 4 nitrogen and oxygen atoms in total. The summed E-state index contributed by atoms with van der Waals surface area (Å²) >= 11 is 0. The fourth-order valence-electron chi connectivity index (χ4n) is 3.74. The summed E-state index contributed by atoms with van der Waals surface area (Å²) in [5, 5.41) is 0. The average molecular weight is 266 g/mol. The van der Waals surface area contributed by atoms with Crippen molar-refractivity contribution in [1.82, 2.24) is 0 Å². The summed E-state index contributed by atoms with van der Waals surface area (Å²) in [4.78, 5) is 22.8. The molecule has 2 aliphatic rings. The van der Waals surface area contributed by atoms with Crippen molar-refractivity contribution in [3.8, 4) is 0 Å². The van der Waals surface area contributed by atoms with Gasteiger partial charge >= 0.3 is 11.9 Å². The van der Waals surface area contributed by atoms with Crippen LogP contribution in [0, 0.1) is 11.8 Å². The van der Waals surface area contributed by atoms with Gasteiger partial charge in [-0.3, -0.25) is 0 Å². The predicted molar refractivity (Wildman–Crippen MR) is 70.3 cm³/mol. The number of hydrogen-bond acceptors (Lipinski definition) is 4. The van der Waals surface area contributed by atoms with Crippen LogP contribution in [0.5, 0.6) is 0 Å². The van der Waals surface area contributed by atoms with Crippen LogP contribution in [-0.2, 0) is 19.1 Å². The Labute approximate surface area is 114 Å². The summed E-state index contributed by atoms with van der Waals surface area (Å²) in [5.41, 5.74) is -0.296. The zero-order valence-corrected chi connectivity index (χ0v) is 11.5. The molecule has 3 unspecified atom stereocenters. The Morgan fingerprint density at radius 2 is 2.21 bits per heavy atom. The van der Waals surface area contributed by atoms with E-state index in [1.165, 1.54) is 12.8 Å². The molecule has 0 aromatic carbocycles. The van der Waals surface area contributed by atoms with Gasteiger partial charge in [0.2, 0.25) is 0 Å². The predicted octanol–water partition coefficient (Wildman–Crippen LogP) is 2.62. The quantitative estimate of drug-likeness (QED) is 0.548. The average Bonchev–Trinajstić information content (AvgIpc) is 2.96. The molecular formula is C15H22O4. The molecule has 19 heavy (non-hydrogen) atoms. The van der Waals surface area contributed by atoms with Gasteiger partial charge in [-0.2, -0.15) is 0 Å². The van der Waals surface area contributed by atoms with Crippen LogP contribution >= 0.6 is 0 Å². The van der Waals surface area contributed by atoms with E-state index in [4.69, 9.17) is 9.47 Å². The van der Waals surface area contributed by atoms with Crippen molar-refractivity contribution in [3.05, 3.63) is 12.7 Å². The maximum atomic E-state index is 11.8. The van der Waals surface area contributed by atoms with E-state index < -0.39 is 11.9 Å². The van der Waals surface area contributed by atoms with E-state index in [0.29, 0.717) is 11.8 Å². The minimum atomic E-state index is -0.588. The molecule has 0 saturated heterocycles. The maximum Gasteiger partial charge on any atom is 0.344 e. The highest BCUT2D eigenvalue weighted by Gasteiger charge is 2.52. The minimum Gasteiger partial charge on any atom is -0.456 e. The van der Waals surface area contributed by atoms with Crippen LogP contribution in [-0.4, -0.2) is 24.1 Å². The number of rotatable bonds is 6. The first-order chi connectivity index (χ1) is 9.09. The Hall–Kier alpha value is -1.32. The van der Waals surface area contributed by atoms with Gasteiger partial charge in [0.1, 0.15) is 5.60 Å². The van der Waals surface area contributed by atoms with Crippen LogP contribution in [0.15, 0.2) is 12.7 Å². The number of ether oxygens (including phenoxy) is 2. The lowest BCUT2D eigenvalue weighted by Gasteiger charge is -2.37. The Balaban J connectivity index is 1.92. The van der Waals surface area contributed by atoms with Gasteiger partial charge in [-0.05, 0) is 43.9 Å². The summed E-state index contributed by atoms with van der Waals surface area (Å²) < 4.78 is 10.5. The molecule has 2 aliphatic carbocycles. The topological polar surface area (TPSA) is 52.6 Å². The molecule has 0 heterocycles. The second-order valence-electron chi connectivity index (χ2n) is 5.68. The number of fused-ring (bicyclic) bond motifs is 2. The van der Waals surface area contributed by atoms with Gasteiger partial charge in [-0.15, -0.1) is 0 Å². The smallest absolute Gasteiger partial charge is 0.344 e. The van der Waals surface area contributed by atoms with Gasteiger partial charge in [0, 0.05) is 6.08 Å². The Morgan fingerprint density at radius 1 is 1.42 bits per heavy atom. The fourth-order valence-corrected chi connectivity index (χ4v) is 3.74. The molecule has 2 saturated carbocycles. The molecule has 0 amide bonds. The molecule has 0 radical (unpaired) electrons. The fraction of sp³-hybridized carbons (Fsp3) is 0.733. The van der Waals surface area contributed by atoms with Gasteiger partial charge in [0.25, 0.3) is 0 Å². The molecule has 106 valence electrons. The van der Waals surface area contributed by atoms with Crippen molar-refractivity contribution < 1.29 is 19.1 Å². The Morgan fingerprint density at radius 3 is 2.74 bits per heavy atom. The molecule has 2 fully saturated rings. The molecule has 0 aromatic rings. The minimum absolute atomic E-state index is 0.296. The molecule has 4 heteroatoms. The first-order valence-corrected chi connectivity index (χ1v) is 7.10. The van der Waals surface area contributed by atoms with Crippen molar-refractivity contribution in [2.75, 3.05) is 6.61 Å². The second kappa shape index (κ2) is 5.76.